The molecule has 1 aromatic rings. The number of nitrogens with zero attached hydrogens (tertiary/aromatic N) is 1. The third-order valence-electron chi connectivity index (χ3n) is 3.15. The highest BCUT2D eigenvalue weighted by Gasteiger charge is 2.16. The van der Waals surface area contributed by atoms with Crippen molar-refractivity contribution in [1.29, 1.82) is 0 Å². The molecular weight excluding hydrogens is 230 g/mol. The van der Waals surface area contributed by atoms with Crippen LogP contribution in [-0.2, 0) is 11.2 Å². The van der Waals surface area contributed by atoms with Crippen LogP contribution >= 0.6 is 0 Å². The van der Waals surface area contributed by atoms with Crippen LogP contribution in [0.15, 0.2) is 18.2 Å². The largest absolute Gasteiger partial charge is 0.493 e. The van der Waals surface area contributed by atoms with E-state index in [2.05, 4.69) is 0 Å². The summed E-state index contributed by atoms with van der Waals surface area (Å²) in [7, 11) is 1.52. The Morgan fingerprint density at radius 2 is 2.33 bits per heavy atom. The number of carbonyl (C=O) groups excluding carboxylic acids is 1. The molecule has 1 heterocycles. The minimum absolute atomic E-state index is 0.170. The van der Waals surface area contributed by atoms with Gasteiger partial charge < -0.3 is 10.5 Å². The van der Waals surface area contributed by atoms with Gasteiger partial charge in [-0.2, -0.15) is 0 Å². The first-order valence-corrected chi connectivity index (χ1v) is 6.10. The zero-order chi connectivity index (χ0) is 13.1. The van der Waals surface area contributed by atoms with E-state index in [0.29, 0.717) is 0 Å². The molecule has 0 saturated heterocycles. The molecule has 0 bridgehead atoms. The molecule has 18 heavy (non-hydrogen) atoms. The highest BCUT2D eigenvalue weighted by molar-refractivity contribution is 5.76. The van der Waals surface area contributed by atoms with E-state index < -0.39 is 0 Å². The van der Waals surface area contributed by atoms with E-state index in [1.54, 1.807) is 0 Å². The van der Waals surface area contributed by atoms with Crippen LogP contribution in [-0.4, -0.2) is 24.6 Å². The van der Waals surface area contributed by atoms with Crippen LogP contribution in [0.3, 0.4) is 0 Å². The van der Waals surface area contributed by atoms with E-state index in [4.69, 9.17) is 16.3 Å². The zero-order valence-electron chi connectivity index (χ0n) is 10.6. The van der Waals surface area contributed by atoms with Gasteiger partial charge in [0.1, 0.15) is 5.75 Å². The first-order chi connectivity index (χ1) is 8.58. The van der Waals surface area contributed by atoms with Gasteiger partial charge in [0.15, 0.2) is 0 Å². The summed E-state index contributed by atoms with van der Waals surface area (Å²) in [6, 6.07) is 5.55. The molecule has 1 atom stereocenters. The van der Waals surface area contributed by atoms with Gasteiger partial charge in [-0.15, -0.1) is 0 Å². The summed E-state index contributed by atoms with van der Waals surface area (Å²) in [6.07, 6.45) is 2.24. The van der Waals surface area contributed by atoms with Crippen molar-refractivity contribution < 1.29 is 9.53 Å². The minimum atomic E-state index is -0.323. The molecule has 1 aromatic carbocycles. The van der Waals surface area contributed by atoms with Crippen LogP contribution in [0.5, 0.6) is 5.75 Å². The second-order valence-corrected chi connectivity index (χ2v) is 4.63. The fraction of sp³-hybridized carbons (Fsp3) is 0.462. The highest BCUT2D eigenvalue weighted by Crippen LogP contribution is 2.28. The number of hydrogen-bond acceptors (Lipinski definition) is 4. The topological polar surface area (TPSA) is 81.6 Å². The summed E-state index contributed by atoms with van der Waals surface area (Å²) in [6.45, 7) is 0.773. The van der Waals surface area contributed by atoms with Gasteiger partial charge in [0.2, 0.25) is 5.91 Å². The highest BCUT2D eigenvalue weighted by atomic mass is 16.5. The van der Waals surface area contributed by atoms with E-state index in [-0.39, 0.29) is 18.4 Å². The SMILES string of the molecule is CN(N)C(=O)CC(N)c1ccc2c(c1)CCCO2. The molecule has 98 valence electrons. The molecule has 0 aromatic heterocycles. The van der Waals surface area contributed by atoms with Gasteiger partial charge in [0, 0.05) is 19.5 Å². The summed E-state index contributed by atoms with van der Waals surface area (Å²) in [5.41, 5.74) is 8.15. The van der Waals surface area contributed by atoms with Crippen molar-refractivity contribution >= 4 is 5.91 Å². The molecule has 0 spiro atoms. The van der Waals surface area contributed by atoms with Gasteiger partial charge in [-0.1, -0.05) is 12.1 Å². The van der Waals surface area contributed by atoms with Gasteiger partial charge in [-0.25, -0.2) is 5.84 Å². The molecule has 0 fully saturated rings. The van der Waals surface area contributed by atoms with Gasteiger partial charge >= 0.3 is 0 Å². The quantitative estimate of drug-likeness (QED) is 0.470. The van der Waals surface area contributed by atoms with Crippen LogP contribution in [0.2, 0.25) is 0 Å². The number of hydrazine groups is 1. The van der Waals surface area contributed by atoms with Crippen molar-refractivity contribution in [3.8, 4) is 5.75 Å². The maximum Gasteiger partial charge on any atom is 0.238 e. The van der Waals surface area contributed by atoms with Crippen molar-refractivity contribution in [2.45, 2.75) is 25.3 Å². The molecule has 5 heteroatoms. The number of fused-ring (bicyclic) bond motifs is 1. The van der Waals surface area contributed by atoms with Crippen LogP contribution in [0.25, 0.3) is 0 Å². The Hall–Kier alpha value is -1.59. The van der Waals surface area contributed by atoms with E-state index in [0.717, 1.165) is 35.8 Å². The Balaban J connectivity index is 2.11. The van der Waals surface area contributed by atoms with E-state index in [1.165, 1.54) is 12.6 Å². The monoisotopic (exact) mass is 249 g/mol. The number of aryl methyl sites for hydroxylation is 1. The van der Waals surface area contributed by atoms with Crippen molar-refractivity contribution in [3.05, 3.63) is 29.3 Å². The van der Waals surface area contributed by atoms with Crippen LogP contribution in [0.4, 0.5) is 0 Å². The lowest BCUT2D eigenvalue weighted by atomic mass is 9.98. The Kier molecular flexibility index (Phi) is 3.84. The molecule has 4 N–H and O–H groups in total. The van der Waals surface area contributed by atoms with Crippen LogP contribution in [0, 0.1) is 0 Å². The normalized spacial score (nSPS) is 15.5. The van der Waals surface area contributed by atoms with Gasteiger partial charge in [-0.05, 0) is 30.0 Å². The number of carbonyl (C=O) groups is 1. The summed E-state index contributed by atoms with van der Waals surface area (Å²) in [4.78, 5) is 11.5. The van der Waals surface area contributed by atoms with Gasteiger partial charge in [0.25, 0.3) is 0 Å². The number of hydrogen-bond donors (Lipinski definition) is 2. The molecule has 0 aliphatic carbocycles. The standard InChI is InChI=1S/C13H19N3O2/c1-16(15)13(17)8-11(14)9-4-5-12-10(7-9)3-2-6-18-12/h4-5,7,11H,2-3,6,8,14-15H2,1H3. The smallest absolute Gasteiger partial charge is 0.238 e. The fourth-order valence-electron chi connectivity index (χ4n) is 2.06. The average Bonchev–Trinajstić information content (AvgIpc) is 2.37. The fourth-order valence-corrected chi connectivity index (χ4v) is 2.06. The molecule has 1 aliphatic rings. The third-order valence-corrected chi connectivity index (χ3v) is 3.15. The second kappa shape index (κ2) is 5.37. The van der Waals surface area contributed by atoms with E-state index in [9.17, 15) is 4.79 Å². The Morgan fingerprint density at radius 3 is 3.06 bits per heavy atom. The molecule has 2 rings (SSSR count). The molecule has 1 unspecified atom stereocenters. The Labute approximate surface area is 107 Å². The van der Waals surface area contributed by atoms with E-state index >= 15 is 0 Å². The lowest BCUT2D eigenvalue weighted by Crippen LogP contribution is -2.35. The van der Waals surface area contributed by atoms with Crippen molar-refractivity contribution in [2.24, 2.45) is 11.6 Å². The summed E-state index contributed by atoms with van der Waals surface area (Å²) in [5.74, 6) is 6.14. The predicted octanol–water partition coefficient (Wildman–Crippen LogP) is 0.734. The molecule has 0 saturated carbocycles. The van der Waals surface area contributed by atoms with Crippen molar-refractivity contribution in [2.75, 3.05) is 13.7 Å². The number of ether oxygens (including phenoxy) is 1. The molecule has 5 nitrogen and oxygen atoms in total. The van der Waals surface area contributed by atoms with Gasteiger partial charge in [-0.3, -0.25) is 9.80 Å². The van der Waals surface area contributed by atoms with Gasteiger partial charge in [0.05, 0.1) is 6.61 Å². The molecule has 1 aliphatic heterocycles. The lowest BCUT2D eigenvalue weighted by molar-refractivity contribution is -0.130. The number of benzene rings is 1. The maximum atomic E-state index is 11.5. The second-order valence-electron chi connectivity index (χ2n) is 4.63. The molecular formula is C13H19N3O2. The first kappa shape index (κ1) is 12.9. The Bertz CT molecular complexity index is 446. The summed E-state index contributed by atoms with van der Waals surface area (Å²) < 4.78 is 5.54. The minimum Gasteiger partial charge on any atom is -0.493 e. The first-order valence-electron chi connectivity index (χ1n) is 6.10. The van der Waals surface area contributed by atoms with Crippen molar-refractivity contribution in [1.82, 2.24) is 5.01 Å². The number of nitrogens with two attached hydrogens (primary N) is 2. The average molecular weight is 249 g/mol. The van der Waals surface area contributed by atoms with E-state index in [1.807, 2.05) is 18.2 Å². The Morgan fingerprint density at radius 1 is 1.56 bits per heavy atom. The van der Waals surface area contributed by atoms with Crippen LogP contribution in [0.1, 0.15) is 30.0 Å². The van der Waals surface area contributed by atoms with Crippen molar-refractivity contribution in [3.63, 3.8) is 0 Å². The number of amides is 1. The predicted molar refractivity (Wildman–Crippen MR) is 68.8 cm³/mol. The number of rotatable bonds is 3. The van der Waals surface area contributed by atoms with Crippen LogP contribution < -0.4 is 16.3 Å². The zero-order valence-corrected chi connectivity index (χ0v) is 10.6. The lowest BCUT2D eigenvalue weighted by Gasteiger charge is -2.20. The molecule has 0 radical (unpaired) electrons. The summed E-state index contributed by atoms with van der Waals surface area (Å²) >= 11 is 0. The maximum absolute atomic E-state index is 11.5. The third kappa shape index (κ3) is 2.80. The summed E-state index contributed by atoms with van der Waals surface area (Å²) in [5, 5.41) is 1.07. The molecule has 1 amide bonds.